The molecule has 21 heavy (non-hydrogen) atoms. The summed E-state index contributed by atoms with van der Waals surface area (Å²) in [4.78, 5) is 22.4. The van der Waals surface area contributed by atoms with Crippen LogP contribution >= 0.6 is 0 Å². The topological polar surface area (TPSA) is 89.6 Å². The molecular weight excluding hydrogens is 277 g/mol. The lowest BCUT2D eigenvalue weighted by Crippen LogP contribution is -2.33. The van der Waals surface area contributed by atoms with Gasteiger partial charge in [0.25, 0.3) is 0 Å². The summed E-state index contributed by atoms with van der Waals surface area (Å²) in [7, 11) is 0. The van der Waals surface area contributed by atoms with Crippen LogP contribution < -0.4 is 10.5 Å². The number of benzene rings is 1. The van der Waals surface area contributed by atoms with E-state index in [1.165, 1.54) is 6.92 Å². The standard InChI is InChI=1S/C15H20FNO4/c1-10(18)14(17)9-12(15(19)20)8-11-2-4-13(5-3-11)21-7-6-16/h2-5,12,14H,6-9,17H2,1H3,(H,19,20). The minimum absolute atomic E-state index is 0.00936. The lowest BCUT2D eigenvalue weighted by molar-refractivity contribution is -0.142. The van der Waals surface area contributed by atoms with Gasteiger partial charge in [0, 0.05) is 0 Å². The molecule has 0 fully saturated rings. The number of Topliss-reactive ketones (excluding diaryl/α,β-unsaturated/α-hetero) is 1. The van der Waals surface area contributed by atoms with Crippen molar-refractivity contribution in [2.45, 2.75) is 25.8 Å². The van der Waals surface area contributed by atoms with E-state index in [-0.39, 0.29) is 25.2 Å². The molecule has 5 nitrogen and oxygen atoms in total. The van der Waals surface area contributed by atoms with Gasteiger partial charge in [0.15, 0.2) is 0 Å². The summed E-state index contributed by atoms with van der Waals surface area (Å²) in [5.74, 6) is -1.40. The molecule has 1 aromatic carbocycles. The normalized spacial score (nSPS) is 13.5. The monoisotopic (exact) mass is 297 g/mol. The van der Waals surface area contributed by atoms with Crippen molar-refractivity contribution in [2.75, 3.05) is 13.3 Å². The van der Waals surface area contributed by atoms with E-state index in [9.17, 15) is 19.1 Å². The first-order valence-corrected chi connectivity index (χ1v) is 6.70. The Kier molecular flexibility index (Phi) is 6.81. The Balaban J connectivity index is 2.66. The second-order valence-electron chi connectivity index (χ2n) is 4.87. The van der Waals surface area contributed by atoms with Gasteiger partial charge in [-0.05, 0) is 37.5 Å². The molecule has 0 spiro atoms. The molecule has 2 atom stereocenters. The highest BCUT2D eigenvalue weighted by Gasteiger charge is 2.23. The van der Waals surface area contributed by atoms with Crippen molar-refractivity contribution in [3.8, 4) is 5.75 Å². The number of halogens is 1. The van der Waals surface area contributed by atoms with E-state index in [2.05, 4.69) is 0 Å². The summed E-state index contributed by atoms with van der Waals surface area (Å²) >= 11 is 0. The molecule has 0 radical (unpaired) electrons. The molecule has 3 N–H and O–H groups in total. The molecule has 0 bridgehead atoms. The number of carbonyl (C=O) groups excluding carboxylic acids is 1. The number of rotatable bonds is 9. The third-order valence-corrected chi connectivity index (χ3v) is 3.16. The van der Waals surface area contributed by atoms with Crippen molar-refractivity contribution in [2.24, 2.45) is 11.7 Å². The number of carboxylic acids is 1. The Bertz CT molecular complexity index is 475. The Morgan fingerprint density at radius 3 is 2.43 bits per heavy atom. The minimum Gasteiger partial charge on any atom is -0.491 e. The average Bonchev–Trinajstić information content (AvgIpc) is 2.45. The minimum atomic E-state index is -0.982. The first-order valence-electron chi connectivity index (χ1n) is 6.70. The lowest BCUT2D eigenvalue weighted by Gasteiger charge is -2.16. The molecule has 0 saturated heterocycles. The summed E-state index contributed by atoms with van der Waals surface area (Å²) in [6.07, 6.45) is 0.379. The van der Waals surface area contributed by atoms with E-state index in [1.807, 2.05) is 0 Å². The first-order chi connectivity index (χ1) is 9.93. The Labute approximate surface area is 122 Å². The number of carbonyl (C=O) groups is 2. The molecule has 2 unspecified atom stereocenters. The van der Waals surface area contributed by atoms with Crippen LogP contribution in [0.3, 0.4) is 0 Å². The zero-order chi connectivity index (χ0) is 15.8. The van der Waals surface area contributed by atoms with E-state index in [0.717, 1.165) is 5.56 Å². The smallest absolute Gasteiger partial charge is 0.306 e. The lowest BCUT2D eigenvalue weighted by atomic mass is 9.92. The van der Waals surface area contributed by atoms with E-state index < -0.39 is 24.6 Å². The van der Waals surface area contributed by atoms with Crippen molar-refractivity contribution in [3.63, 3.8) is 0 Å². The van der Waals surface area contributed by atoms with Crippen LogP contribution in [-0.2, 0) is 16.0 Å². The number of aliphatic carboxylic acids is 1. The van der Waals surface area contributed by atoms with Gasteiger partial charge in [-0.2, -0.15) is 0 Å². The fourth-order valence-electron chi connectivity index (χ4n) is 1.91. The summed E-state index contributed by atoms with van der Waals surface area (Å²) in [5, 5.41) is 9.20. The summed E-state index contributed by atoms with van der Waals surface area (Å²) in [5.41, 5.74) is 6.42. The van der Waals surface area contributed by atoms with Crippen LogP contribution in [0.1, 0.15) is 18.9 Å². The fourth-order valence-corrected chi connectivity index (χ4v) is 1.91. The molecule has 1 aromatic rings. The maximum absolute atomic E-state index is 12.0. The quantitative estimate of drug-likeness (QED) is 0.722. The van der Waals surface area contributed by atoms with E-state index >= 15 is 0 Å². The van der Waals surface area contributed by atoms with Crippen molar-refractivity contribution < 1.29 is 23.8 Å². The first kappa shape index (κ1) is 17.1. The van der Waals surface area contributed by atoms with Crippen LogP contribution in [0.25, 0.3) is 0 Å². The predicted molar refractivity (Wildman–Crippen MR) is 76.0 cm³/mol. The maximum atomic E-state index is 12.0. The summed E-state index contributed by atoms with van der Waals surface area (Å²) in [6.45, 7) is 0.775. The second-order valence-corrected chi connectivity index (χ2v) is 4.87. The van der Waals surface area contributed by atoms with Crippen LogP contribution in [0.15, 0.2) is 24.3 Å². The number of ether oxygens (including phenoxy) is 1. The Hall–Kier alpha value is -1.95. The third-order valence-electron chi connectivity index (χ3n) is 3.16. The number of ketones is 1. The van der Waals surface area contributed by atoms with Crippen molar-refractivity contribution in [3.05, 3.63) is 29.8 Å². The SMILES string of the molecule is CC(=O)C(N)CC(Cc1ccc(OCCF)cc1)C(=O)O. The van der Waals surface area contributed by atoms with Gasteiger partial charge in [-0.15, -0.1) is 0 Å². The fraction of sp³-hybridized carbons (Fsp3) is 0.467. The molecule has 0 amide bonds. The second kappa shape index (κ2) is 8.36. The Morgan fingerprint density at radius 1 is 1.33 bits per heavy atom. The number of nitrogens with two attached hydrogens (primary N) is 1. The molecule has 0 aliphatic rings. The largest absolute Gasteiger partial charge is 0.491 e. The number of hydrogen-bond donors (Lipinski definition) is 2. The number of carboxylic acid groups (broad SMARTS) is 1. The molecule has 0 saturated carbocycles. The number of hydrogen-bond acceptors (Lipinski definition) is 4. The molecular formula is C15H20FNO4. The molecule has 0 heterocycles. The van der Waals surface area contributed by atoms with Crippen LogP contribution in [0.4, 0.5) is 4.39 Å². The van der Waals surface area contributed by atoms with Crippen LogP contribution in [-0.4, -0.2) is 36.2 Å². The zero-order valence-electron chi connectivity index (χ0n) is 11.9. The van der Waals surface area contributed by atoms with Gasteiger partial charge in [-0.1, -0.05) is 12.1 Å². The van der Waals surface area contributed by atoms with Gasteiger partial charge >= 0.3 is 5.97 Å². The molecule has 0 aliphatic carbocycles. The van der Waals surface area contributed by atoms with E-state index in [0.29, 0.717) is 5.75 Å². The zero-order valence-corrected chi connectivity index (χ0v) is 11.9. The molecule has 0 aliphatic heterocycles. The highest BCUT2D eigenvalue weighted by Crippen LogP contribution is 2.18. The van der Waals surface area contributed by atoms with Gasteiger partial charge in [0.2, 0.25) is 0 Å². The maximum Gasteiger partial charge on any atom is 0.306 e. The highest BCUT2D eigenvalue weighted by molar-refractivity contribution is 5.82. The van der Waals surface area contributed by atoms with Crippen molar-refractivity contribution >= 4 is 11.8 Å². The molecule has 116 valence electrons. The van der Waals surface area contributed by atoms with E-state index in [1.54, 1.807) is 24.3 Å². The molecule has 0 aromatic heterocycles. The summed E-state index contributed by atoms with van der Waals surface area (Å²) < 4.78 is 17.1. The van der Waals surface area contributed by atoms with Crippen molar-refractivity contribution in [1.82, 2.24) is 0 Å². The van der Waals surface area contributed by atoms with Gasteiger partial charge in [-0.25, -0.2) is 4.39 Å². The van der Waals surface area contributed by atoms with Gasteiger partial charge < -0.3 is 15.6 Å². The van der Waals surface area contributed by atoms with Crippen LogP contribution in [0.2, 0.25) is 0 Å². The number of alkyl halides is 1. The van der Waals surface area contributed by atoms with Gasteiger partial charge in [0.05, 0.1) is 12.0 Å². The highest BCUT2D eigenvalue weighted by atomic mass is 19.1. The van der Waals surface area contributed by atoms with Crippen LogP contribution in [0, 0.1) is 5.92 Å². The third kappa shape index (κ3) is 5.91. The summed E-state index contributed by atoms with van der Waals surface area (Å²) in [6, 6.07) is 6.01. The molecule has 6 heteroatoms. The van der Waals surface area contributed by atoms with Crippen molar-refractivity contribution in [1.29, 1.82) is 0 Å². The van der Waals surface area contributed by atoms with Gasteiger partial charge in [0.1, 0.15) is 24.8 Å². The Morgan fingerprint density at radius 2 is 1.95 bits per heavy atom. The molecule has 1 rings (SSSR count). The van der Waals surface area contributed by atoms with E-state index in [4.69, 9.17) is 10.5 Å². The van der Waals surface area contributed by atoms with Gasteiger partial charge in [-0.3, -0.25) is 9.59 Å². The average molecular weight is 297 g/mol. The van der Waals surface area contributed by atoms with Crippen LogP contribution in [0.5, 0.6) is 5.75 Å². The predicted octanol–water partition coefficient (Wildman–Crippen LogP) is 1.58.